The predicted molar refractivity (Wildman–Crippen MR) is 102 cm³/mol. The van der Waals surface area contributed by atoms with Gasteiger partial charge in [0.1, 0.15) is 6.54 Å². The number of carbonyl (C=O) groups is 1. The van der Waals surface area contributed by atoms with Gasteiger partial charge in [-0.3, -0.25) is 14.4 Å². The van der Waals surface area contributed by atoms with Crippen molar-refractivity contribution in [1.82, 2.24) is 20.0 Å². The average Bonchev–Trinajstić information content (AvgIpc) is 2.91. The van der Waals surface area contributed by atoms with Crippen molar-refractivity contribution < 1.29 is 4.79 Å². The Morgan fingerprint density at radius 2 is 1.88 bits per heavy atom. The lowest BCUT2D eigenvalue weighted by Crippen LogP contribution is -2.45. The molecule has 0 unspecified atom stereocenters. The number of aromatic nitrogens is 2. The summed E-state index contributed by atoms with van der Waals surface area (Å²) in [4.78, 5) is 14.7. The molecule has 1 aromatic heterocycles. The van der Waals surface area contributed by atoms with Gasteiger partial charge in [0.2, 0.25) is 5.91 Å². The van der Waals surface area contributed by atoms with Gasteiger partial charge in [0.15, 0.2) is 0 Å². The number of hydrogen-bond donors (Lipinski definition) is 1. The molecule has 0 aliphatic heterocycles. The number of benzene rings is 1. The molecule has 0 radical (unpaired) electrons. The molecular formula is C20H30N4O. The normalized spacial score (nSPS) is 12.4. The molecule has 0 aliphatic rings. The van der Waals surface area contributed by atoms with Crippen LogP contribution in [-0.4, -0.2) is 46.3 Å². The summed E-state index contributed by atoms with van der Waals surface area (Å²) in [7, 11) is 0. The van der Waals surface area contributed by atoms with E-state index in [1.165, 1.54) is 5.56 Å². The maximum Gasteiger partial charge on any atom is 0.241 e. The summed E-state index contributed by atoms with van der Waals surface area (Å²) >= 11 is 0. The maximum atomic E-state index is 12.3. The third-order valence-electron chi connectivity index (χ3n) is 4.57. The largest absolute Gasteiger partial charge is 0.353 e. The van der Waals surface area contributed by atoms with Crippen LogP contribution in [0.25, 0.3) is 0 Å². The van der Waals surface area contributed by atoms with E-state index in [4.69, 9.17) is 0 Å². The van der Waals surface area contributed by atoms with E-state index >= 15 is 0 Å². The van der Waals surface area contributed by atoms with Gasteiger partial charge < -0.3 is 5.32 Å². The van der Waals surface area contributed by atoms with Crippen molar-refractivity contribution in [3.8, 4) is 0 Å². The number of rotatable bonds is 9. The van der Waals surface area contributed by atoms with Crippen LogP contribution in [-0.2, 0) is 17.8 Å². The Morgan fingerprint density at radius 3 is 2.44 bits per heavy atom. The maximum absolute atomic E-state index is 12.3. The Balaban J connectivity index is 1.96. The lowest BCUT2D eigenvalue weighted by Gasteiger charge is -2.30. The molecule has 2 aromatic rings. The summed E-state index contributed by atoms with van der Waals surface area (Å²) in [5, 5.41) is 7.45. The first kappa shape index (κ1) is 19.2. The number of amides is 1. The van der Waals surface area contributed by atoms with Gasteiger partial charge >= 0.3 is 0 Å². The molecule has 25 heavy (non-hydrogen) atoms. The van der Waals surface area contributed by atoms with Crippen molar-refractivity contribution in [1.29, 1.82) is 0 Å². The fourth-order valence-corrected chi connectivity index (χ4v) is 3.22. The number of nitrogens with zero attached hydrogens (tertiary/aromatic N) is 3. The number of nitrogens with one attached hydrogen (secondary N) is 1. The van der Waals surface area contributed by atoms with E-state index in [1.54, 1.807) is 4.68 Å². The summed E-state index contributed by atoms with van der Waals surface area (Å²) in [5.74, 6) is 0.0106. The zero-order chi connectivity index (χ0) is 18.2. The van der Waals surface area contributed by atoms with E-state index in [-0.39, 0.29) is 12.5 Å². The molecule has 1 heterocycles. The van der Waals surface area contributed by atoms with Gasteiger partial charge in [-0.1, -0.05) is 44.2 Å². The predicted octanol–water partition coefficient (Wildman–Crippen LogP) is 2.57. The van der Waals surface area contributed by atoms with Crippen molar-refractivity contribution in [3.63, 3.8) is 0 Å². The van der Waals surface area contributed by atoms with Crippen LogP contribution >= 0.6 is 0 Å². The fraction of sp³-hybridized carbons (Fsp3) is 0.500. The molecule has 5 nitrogen and oxygen atoms in total. The van der Waals surface area contributed by atoms with Crippen molar-refractivity contribution >= 4 is 5.91 Å². The Bertz CT molecular complexity index is 662. The minimum atomic E-state index is 0.0106. The van der Waals surface area contributed by atoms with Crippen molar-refractivity contribution in [2.24, 2.45) is 0 Å². The van der Waals surface area contributed by atoms with E-state index in [0.29, 0.717) is 12.6 Å². The van der Waals surface area contributed by atoms with Gasteiger partial charge in [0.05, 0.1) is 5.69 Å². The SMILES string of the molecule is CCN(CC)[C@H](CNC(=O)Cn1nc(C)cc1C)Cc1ccccc1. The number of likely N-dealkylation sites (N-methyl/N-ethyl adjacent to an activating group) is 1. The zero-order valence-corrected chi connectivity index (χ0v) is 15.8. The lowest BCUT2D eigenvalue weighted by molar-refractivity contribution is -0.122. The molecule has 1 atom stereocenters. The van der Waals surface area contributed by atoms with E-state index in [0.717, 1.165) is 30.9 Å². The lowest BCUT2D eigenvalue weighted by atomic mass is 10.0. The number of carbonyl (C=O) groups excluding carboxylic acids is 1. The molecule has 136 valence electrons. The quantitative estimate of drug-likeness (QED) is 0.762. The highest BCUT2D eigenvalue weighted by Crippen LogP contribution is 2.09. The molecular weight excluding hydrogens is 312 g/mol. The summed E-state index contributed by atoms with van der Waals surface area (Å²) in [6.45, 7) is 11.1. The molecule has 0 bridgehead atoms. The minimum Gasteiger partial charge on any atom is -0.353 e. The van der Waals surface area contributed by atoms with Crippen molar-refractivity contribution in [2.75, 3.05) is 19.6 Å². The van der Waals surface area contributed by atoms with Crippen LogP contribution in [0.4, 0.5) is 0 Å². The standard InChI is InChI=1S/C20H30N4O/c1-5-23(6-2)19(13-18-10-8-7-9-11-18)14-21-20(25)15-24-17(4)12-16(3)22-24/h7-12,19H,5-6,13-15H2,1-4H3,(H,21,25)/t19-/m0/s1. The molecule has 1 aromatic carbocycles. The Morgan fingerprint density at radius 1 is 1.20 bits per heavy atom. The van der Waals surface area contributed by atoms with Gasteiger partial charge in [-0.2, -0.15) is 5.10 Å². The van der Waals surface area contributed by atoms with Gasteiger partial charge in [-0.25, -0.2) is 0 Å². The molecule has 1 N–H and O–H groups in total. The second kappa shape index (κ2) is 9.37. The number of hydrogen-bond acceptors (Lipinski definition) is 3. The highest BCUT2D eigenvalue weighted by Gasteiger charge is 2.17. The fourth-order valence-electron chi connectivity index (χ4n) is 3.22. The Hall–Kier alpha value is -2.14. The Kier molecular flexibility index (Phi) is 7.19. The summed E-state index contributed by atoms with van der Waals surface area (Å²) in [6, 6.07) is 12.7. The van der Waals surface area contributed by atoms with Crippen LogP contribution in [0.15, 0.2) is 36.4 Å². The third kappa shape index (κ3) is 5.71. The van der Waals surface area contributed by atoms with Crippen molar-refractivity contribution in [2.45, 2.75) is 46.7 Å². The van der Waals surface area contributed by atoms with Gasteiger partial charge in [-0.05, 0) is 45.0 Å². The highest BCUT2D eigenvalue weighted by molar-refractivity contribution is 5.75. The van der Waals surface area contributed by atoms with Crippen LogP contribution in [0, 0.1) is 13.8 Å². The molecule has 0 spiro atoms. The first-order valence-corrected chi connectivity index (χ1v) is 9.09. The topological polar surface area (TPSA) is 50.2 Å². The van der Waals surface area contributed by atoms with E-state index in [1.807, 2.05) is 26.0 Å². The van der Waals surface area contributed by atoms with Crippen molar-refractivity contribution in [3.05, 3.63) is 53.3 Å². The van der Waals surface area contributed by atoms with Crippen LogP contribution in [0.1, 0.15) is 30.8 Å². The third-order valence-corrected chi connectivity index (χ3v) is 4.57. The van der Waals surface area contributed by atoms with Gasteiger partial charge in [0, 0.05) is 18.3 Å². The summed E-state index contributed by atoms with van der Waals surface area (Å²) in [6.07, 6.45) is 0.933. The molecule has 2 rings (SSSR count). The molecule has 0 saturated carbocycles. The Labute approximate surface area is 151 Å². The number of aryl methyl sites for hydroxylation is 2. The van der Waals surface area contributed by atoms with E-state index in [9.17, 15) is 4.79 Å². The van der Waals surface area contributed by atoms with Crippen LogP contribution < -0.4 is 5.32 Å². The first-order chi connectivity index (χ1) is 12.0. The minimum absolute atomic E-state index is 0.0106. The molecule has 5 heteroatoms. The molecule has 0 fully saturated rings. The molecule has 0 aliphatic carbocycles. The van der Waals surface area contributed by atoms with E-state index in [2.05, 4.69) is 53.4 Å². The smallest absolute Gasteiger partial charge is 0.241 e. The van der Waals surface area contributed by atoms with Crippen LogP contribution in [0.2, 0.25) is 0 Å². The summed E-state index contributed by atoms with van der Waals surface area (Å²) in [5.41, 5.74) is 3.25. The second-order valence-electron chi connectivity index (χ2n) is 6.45. The van der Waals surface area contributed by atoms with Crippen LogP contribution in [0.5, 0.6) is 0 Å². The van der Waals surface area contributed by atoms with Gasteiger partial charge in [0.25, 0.3) is 0 Å². The summed E-state index contributed by atoms with van der Waals surface area (Å²) < 4.78 is 1.76. The van der Waals surface area contributed by atoms with Gasteiger partial charge in [-0.15, -0.1) is 0 Å². The van der Waals surface area contributed by atoms with Crippen LogP contribution in [0.3, 0.4) is 0 Å². The zero-order valence-electron chi connectivity index (χ0n) is 15.8. The highest BCUT2D eigenvalue weighted by atomic mass is 16.2. The molecule has 1 amide bonds. The first-order valence-electron chi connectivity index (χ1n) is 9.09. The monoisotopic (exact) mass is 342 g/mol. The average molecular weight is 342 g/mol. The molecule has 0 saturated heterocycles. The second-order valence-corrected chi connectivity index (χ2v) is 6.45. The van der Waals surface area contributed by atoms with E-state index < -0.39 is 0 Å².